The number of ether oxygens (including phenoxy) is 1. The lowest BCUT2D eigenvalue weighted by Gasteiger charge is -2.14. The number of hydrogen-bond donors (Lipinski definition) is 1. The summed E-state index contributed by atoms with van der Waals surface area (Å²) < 4.78 is 43.5. The zero-order valence-electron chi connectivity index (χ0n) is 12.1. The van der Waals surface area contributed by atoms with E-state index in [0.29, 0.717) is 6.42 Å². The van der Waals surface area contributed by atoms with Gasteiger partial charge in [0.05, 0.1) is 23.3 Å². The predicted octanol–water partition coefficient (Wildman–Crippen LogP) is 4.06. The van der Waals surface area contributed by atoms with Crippen LogP contribution in [0, 0.1) is 11.3 Å². The number of alkyl halides is 3. The minimum atomic E-state index is -4.62. The second-order valence-corrected chi connectivity index (χ2v) is 4.85. The molecule has 1 unspecified atom stereocenters. The molecule has 3 nitrogen and oxygen atoms in total. The first kappa shape index (κ1) is 18.1. The van der Waals surface area contributed by atoms with Crippen molar-refractivity contribution in [1.29, 1.82) is 5.26 Å². The van der Waals surface area contributed by atoms with Gasteiger partial charge in [-0.05, 0) is 37.5 Å². The quantitative estimate of drug-likeness (QED) is 0.581. The molecule has 1 N–H and O–H groups in total. The largest absolute Gasteiger partial charge is 0.491 e. The summed E-state index contributed by atoms with van der Waals surface area (Å²) in [6.07, 6.45) is -0.511. The molecule has 0 amide bonds. The Morgan fingerprint density at radius 2 is 2.09 bits per heavy atom. The third-order valence-electron chi connectivity index (χ3n) is 3.05. The maximum absolute atomic E-state index is 12.8. The molecule has 0 saturated carbocycles. The van der Waals surface area contributed by atoms with Crippen LogP contribution in [0.4, 0.5) is 13.2 Å². The SMILES string of the molecule is C=CCCCCC(O)COc1ccc(C#N)c(C(F)(F)F)c1. The summed E-state index contributed by atoms with van der Waals surface area (Å²) in [5, 5.41) is 18.4. The fourth-order valence-electron chi connectivity index (χ4n) is 1.89. The number of unbranched alkanes of at least 4 members (excludes halogenated alkanes) is 2. The van der Waals surface area contributed by atoms with Gasteiger partial charge in [-0.3, -0.25) is 0 Å². The summed E-state index contributed by atoms with van der Waals surface area (Å²) in [4.78, 5) is 0. The number of aliphatic hydroxyl groups is 1. The Morgan fingerprint density at radius 1 is 1.36 bits per heavy atom. The maximum Gasteiger partial charge on any atom is 0.417 e. The zero-order valence-corrected chi connectivity index (χ0v) is 12.1. The highest BCUT2D eigenvalue weighted by molar-refractivity contribution is 5.44. The van der Waals surface area contributed by atoms with Gasteiger partial charge in [0.15, 0.2) is 0 Å². The van der Waals surface area contributed by atoms with Crippen molar-refractivity contribution in [3.63, 3.8) is 0 Å². The number of allylic oxidation sites excluding steroid dienone is 1. The van der Waals surface area contributed by atoms with E-state index < -0.39 is 23.4 Å². The molecule has 0 heterocycles. The van der Waals surface area contributed by atoms with E-state index in [4.69, 9.17) is 10.00 Å². The van der Waals surface area contributed by atoms with Crippen molar-refractivity contribution in [3.05, 3.63) is 42.0 Å². The molecule has 0 fully saturated rings. The van der Waals surface area contributed by atoms with Gasteiger partial charge in [-0.2, -0.15) is 18.4 Å². The minimum Gasteiger partial charge on any atom is -0.491 e. The van der Waals surface area contributed by atoms with E-state index in [2.05, 4.69) is 6.58 Å². The van der Waals surface area contributed by atoms with Gasteiger partial charge in [0.1, 0.15) is 12.4 Å². The van der Waals surface area contributed by atoms with Gasteiger partial charge >= 0.3 is 6.18 Å². The number of nitriles is 1. The van der Waals surface area contributed by atoms with Crippen molar-refractivity contribution in [2.75, 3.05) is 6.61 Å². The molecule has 0 radical (unpaired) electrons. The Kier molecular flexibility index (Phi) is 6.93. The van der Waals surface area contributed by atoms with Crippen LogP contribution < -0.4 is 4.74 Å². The molecule has 0 aliphatic heterocycles. The first-order valence-corrected chi connectivity index (χ1v) is 6.91. The van der Waals surface area contributed by atoms with Crippen molar-refractivity contribution in [3.8, 4) is 11.8 Å². The fraction of sp³-hybridized carbons (Fsp3) is 0.438. The second-order valence-electron chi connectivity index (χ2n) is 4.85. The van der Waals surface area contributed by atoms with Gasteiger partial charge in [0.25, 0.3) is 0 Å². The average molecular weight is 313 g/mol. The van der Waals surface area contributed by atoms with Crippen LogP contribution in [0.1, 0.15) is 36.8 Å². The van der Waals surface area contributed by atoms with Gasteiger partial charge < -0.3 is 9.84 Å². The lowest BCUT2D eigenvalue weighted by atomic mass is 10.1. The highest BCUT2D eigenvalue weighted by Crippen LogP contribution is 2.34. The molecule has 6 heteroatoms. The number of rotatable bonds is 8. The van der Waals surface area contributed by atoms with Crippen LogP contribution in [-0.4, -0.2) is 17.8 Å². The highest BCUT2D eigenvalue weighted by Gasteiger charge is 2.34. The van der Waals surface area contributed by atoms with Crippen LogP contribution in [-0.2, 0) is 6.18 Å². The fourth-order valence-corrected chi connectivity index (χ4v) is 1.89. The zero-order chi connectivity index (χ0) is 16.6. The molecule has 1 atom stereocenters. The van der Waals surface area contributed by atoms with Crippen LogP contribution in [0.5, 0.6) is 5.75 Å². The van der Waals surface area contributed by atoms with E-state index >= 15 is 0 Å². The molecule has 0 saturated heterocycles. The molecule has 0 aromatic heterocycles. The standard InChI is InChI=1S/C16H18F3NO2/c1-2-3-4-5-6-13(21)11-22-14-8-7-12(10-20)15(9-14)16(17,18)19/h2,7-9,13,21H,1,3-6,11H2. The predicted molar refractivity (Wildman–Crippen MR) is 76.3 cm³/mol. The summed E-state index contributed by atoms with van der Waals surface area (Å²) in [6, 6.07) is 4.64. The first-order valence-electron chi connectivity index (χ1n) is 6.91. The number of nitrogens with zero attached hydrogens (tertiary/aromatic N) is 1. The van der Waals surface area contributed by atoms with Crippen molar-refractivity contribution < 1.29 is 23.0 Å². The van der Waals surface area contributed by atoms with Gasteiger partial charge in [0, 0.05) is 0 Å². The molecular weight excluding hydrogens is 295 g/mol. The average Bonchev–Trinajstić information content (AvgIpc) is 2.48. The van der Waals surface area contributed by atoms with Gasteiger partial charge in [-0.1, -0.05) is 12.5 Å². The molecule has 0 spiro atoms. The Bertz CT molecular complexity index is 535. The third kappa shape index (κ3) is 5.78. The van der Waals surface area contributed by atoms with Crippen LogP contribution in [0.15, 0.2) is 30.9 Å². The van der Waals surface area contributed by atoms with E-state index in [1.54, 1.807) is 6.08 Å². The lowest BCUT2D eigenvalue weighted by Crippen LogP contribution is -2.17. The van der Waals surface area contributed by atoms with E-state index in [1.807, 2.05) is 0 Å². The Morgan fingerprint density at radius 3 is 2.68 bits per heavy atom. The van der Waals surface area contributed by atoms with Gasteiger partial charge in [-0.25, -0.2) is 0 Å². The first-order chi connectivity index (χ1) is 10.4. The molecule has 0 aliphatic rings. The summed E-state index contributed by atoms with van der Waals surface area (Å²) in [5.74, 6) is -0.0172. The van der Waals surface area contributed by atoms with Gasteiger partial charge in [0.2, 0.25) is 0 Å². The smallest absolute Gasteiger partial charge is 0.417 e. The number of benzene rings is 1. The van der Waals surface area contributed by atoms with Crippen molar-refractivity contribution in [2.24, 2.45) is 0 Å². The van der Waals surface area contributed by atoms with Crippen molar-refractivity contribution >= 4 is 0 Å². The summed E-state index contributed by atoms with van der Waals surface area (Å²) >= 11 is 0. The molecule has 0 aliphatic carbocycles. The lowest BCUT2D eigenvalue weighted by molar-refractivity contribution is -0.137. The third-order valence-corrected chi connectivity index (χ3v) is 3.05. The highest BCUT2D eigenvalue weighted by atomic mass is 19.4. The van der Waals surface area contributed by atoms with Gasteiger partial charge in [-0.15, -0.1) is 6.58 Å². The number of hydrogen-bond acceptors (Lipinski definition) is 3. The molecule has 1 aromatic carbocycles. The molecular formula is C16H18F3NO2. The van der Waals surface area contributed by atoms with E-state index in [0.717, 1.165) is 31.4 Å². The summed E-state index contributed by atoms with van der Waals surface area (Å²) in [7, 11) is 0. The van der Waals surface area contributed by atoms with Crippen molar-refractivity contribution in [2.45, 2.75) is 38.0 Å². The second kappa shape index (κ2) is 8.44. The minimum absolute atomic E-state index is 0.0172. The number of aliphatic hydroxyl groups excluding tert-OH is 1. The van der Waals surface area contributed by atoms with Crippen LogP contribution >= 0.6 is 0 Å². The molecule has 22 heavy (non-hydrogen) atoms. The molecule has 1 aromatic rings. The monoisotopic (exact) mass is 313 g/mol. The van der Waals surface area contributed by atoms with Crippen LogP contribution in [0.25, 0.3) is 0 Å². The van der Waals surface area contributed by atoms with E-state index in [1.165, 1.54) is 12.1 Å². The molecule has 120 valence electrons. The maximum atomic E-state index is 12.8. The molecule has 1 rings (SSSR count). The normalized spacial score (nSPS) is 12.5. The van der Waals surface area contributed by atoms with Crippen molar-refractivity contribution in [1.82, 2.24) is 0 Å². The number of halogens is 3. The Labute approximate surface area is 127 Å². The van der Waals surface area contributed by atoms with E-state index in [-0.39, 0.29) is 12.4 Å². The topological polar surface area (TPSA) is 53.2 Å². The summed E-state index contributed by atoms with van der Waals surface area (Å²) in [5.41, 5.74) is -1.49. The van der Waals surface area contributed by atoms with E-state index in [9.17, 15) is 18.3 Å². The van der Waals surface area contributed by atoms with Crippen LogP contribution in [0.2, 0.25) is 0 Å². The molecule has 0 bridgehead atoms. The Balaban J connectivity index is 2.60. The van der Waals surface area contributed by atoms with Crippen LogP contribution in [0.3, 0.4) is 0 Å². The summed E-state index contributed by atoms with van der Waals surface area (Å²) in [6.45, 7) is 3.51. The Hall–Kier alpha value is -2.00.